The van der Waals surface area contributed by atoms with E-state index in [0.29, 0.717) is 29.9 Å². The molecular weight excluding hydrogens is 456 g/mol. The molecule has 4 amide bonds. The van der Waals surface area contributed by atoms with Gasteiger partial charge in [0.25, 0.3) is 11.8 Å². The molecule has 0 aliphatic carbocycles. The summed E-state index contributed by atoms with van der Waals surface area (Å²) in [5.41, 5.74) is 2.22. The average molecular weight is 481 g/mol. The first-order chi connectivity index (χ1) is 16.0. The molecule has 5 rings (SSSR count). The fourth-order valence-corrected chi connectivity index (χ4v) is 5.50. The number of likely N-dealkylation sites (tertiary alicyclic amines) is 1. The lowest BCUT2D eigenvalue weighted by atomic mass is 9.92. The van der Waals surface area contributed by atoms with Crippen molar-refractivity contribution in [2.24, 2.45) is 7.05 Å². The lowest BCUT2D eigenvalue weighted by Crippen LogP contribution is -2.55. The molecule has 0 N–H and O–H groups in total. The van der Waals surface area contributed by atoms with Crippen LogP contribution in [0.4, 0.5) is 10.5 Å². The first-order valence-electron chi connectivity index (χ1n) is 11.2. The Balaban J connectivity index is 1.46. The zero-order chi connectivity index (χ0) is 24.7. The van der Waals surface area contributed by atoms with Gasteiger partial charge >= 0.3 is 6.03 Å². The van der Waals surface area contributed by atoms with Gasteiger partial charge in [-0.25, -0.2) is 9.69 Å². The van der Waals surface area contributed by atoms with E-state index in [9.17, 15) is 19.6 Å². The SMILES string of the molecule is Cc1c(N2C(=O)[C@H]3C4CC(CN4C(=O)c4cc(C(C)(C)C)nn4C)N3C2=O)ccc(C#N)c1Cl. The molecule has 4 heterocycles. The van der Waals surface area contributed by atoms with E-state index < -0.39 is 18.1 Å². The van der Waals surface area contributed by atoms with Gasteiger partial charge < -0.3 is 9.80 Å². The largest absolute Gasteiger partial charge is 0.332 e. The molecule has 10 heteroatoms. The minimum Gasteiger partial charge on any atom is -0.330 e. The molecule has 34 heavy (non-hydrogen) atoms. The molecular formula is C24H25ClN6O3. The maximum atomic E-state index is 13.5. The van der Waals surface area contributed by atoms with Gasteiger partial charge in [-0.1, -0.05) is 32.4 Å². The van der Waals surface area contributed by atoms with Crippen LogP contribution in [0.25, 0.3) is 0 Å². The first-order valence-corrected chi connectivity index (χ1v) is 11.5. The van der Waals surface area contributed by atoms with Crippen molar-refractivity contribution in [1.82, 2.24) is 19.6 Å². The zero-order valence-electron chi connectivity index (χ0n) is 19.7. The number of amides is 4. The highest BCUT2D eigenvalue weighted by atomic mass is 35.5. The number of halogens is 1. The number of hydrogen-bond donors (Lipinski definition) is 0. The smallest absolute Gasteiger partial charge is 0.330 e. The van der Waals surface area contributed by atoms with Crippen LogP contribution in [0.15, 0.2) is 18.2 Å². The predicted octanol–water partition coefficient (Wildman–Crippen LogP) is 2.99. The summed E-state index contributed by atoms with van der Waals surface area (Å²) in [5, 5.41) is 13.9. The summed E-state index contributed by atoms with van der Waals surface area (Å²) in [4.78, 5) is 44.8. The molecule has 3 atom stereocenters. The van der Waals surface area contributed by atoms with Crippen LogP contribution in [0.3, 0.4) is 0 Å². The number of imide groups is 1. The highest BCUT2D eigenvalue weighted by Crippen LogP contribution is 2.44. The summed E-state index contributed by atoms with van der Waals surface area (Å²) < 4.78 is 1.59. The van der Waals surface area contributed by atoms with Crippen molar-refractivity contribution in [3.8, 4) is 6.07 Å². The van der Waals surface area contributed by atoms with Crippen LogP contribution in [-0.4, -0.2) is 62.1 Å². The summed E-state index contributed by atoms with van der Waals surface area (Å²) >= 11 is 6.30. The predicted molar refractivity (Wildman–Crippen MR) is 125 cm³/mol. The van der Waals surface area contributed by atoms with Gasteiger partial charge in [0.1, 0.15) is 17.8 Å². The Morgan fingerprint density at radius 3 is 2.59 bits per heavy atom. The van der Waals surface area contributed by atoms with E-state index in [2.05, 4.69) is 5.10 Å². The number of aryl methyl sites for hydroxylation is 1. The maximum Gasteiger partial charge on any atom is 0.332 e. The molecule has 2 unspecified atom stereocenters. The van der Waals surface area contributed by atoms with Crippen molar-refractivity contribution in [2.45, 2.75) is 57.7 Å². The lowest BCUT2D eigenvalue weighted by molar-refractivity contribution is -0.121. The van der Waals surface area contributed by atoms with Crippen LogP contribution in [0.2, 0.25) is 5.02 Å². The van der Waals surface area contributed by atoms with E-state index in [0.717, 1.165) is 10.6 Å². The molecule has 0 radical (unpaired) electrons. The van der Waals surface area contributed by atoms with Gasteiger partial charge in [0.05, 0.1) is 34.1 Å². The van der Waals surface area contributed by atoms with Crippen LogP contribution >= 0.6 is 11.6 Å². The summed E-state index contributed by atoms with van der Waals surface area (Å²) in [6.07, 6.45) is 0.568. The molecule has 3 fully saturated rings. The van der Waals surface area contributed by atoms with Crippen molar-refractivity contribution >= 4 is 35.1 Å². The Labute approximate surface area is 202 Å². The second kappa shape index (κ2) is 7.31. The summed E-state index contributed by atoms with van der Waals surface area (Å²) in [5.74, 6) is -0.562. The van der Waals surface area contributed by atoms with E-state index in [-0.39, 0.29) is 33.9 Å². The number of benzene rings is 1. The number of rotatable bonds is 2. The number of hydrogen-bond acceptors (Lipinski definition) is 5. The van der Waals surface area contributed by atoms with Gasteiger partial charge in [-0.05, 0) is 37.1 Å². The van der Waals surface area contributed by atoms with Crippen molar-refractivity contribution in [3.63, 3.8) is 0 Å². The second-order valence-electron chi connectivity index (χ2n) is 10.2. The maximum absolute atomic E-state index is 13.5. The lowest BCUT2D eigenvalue weighted by Gasteiger charge is -2.34. The van der Waals surface area contributed by atoms with Crippen LogP contribution in [0.5, 0.6) is 0 Å². The van der Waals surface area contributed by atoms with E-state index in [1.807, 2.05) is 32.9 Å². The van der Waals surface area contributed by atoms with Crippen LogP contribution in [0.1, 0.15) is 54.5 Å². The number of carbonyl (C=O) groups is 3. The molecule has 3 saturated heterocycles. The molecule has 2 bridgehead atoms. The highest BCUT2D eigenvalue weighted by molar-refractivity contribution is 6.33. The van der Waals surface area contributed by atoms with Crippen LogP contribution < -0.4 is 4.90 Å². The van der Waals surface area contributed by atoms with Gasteiger partial charge in [-0.2, -0.15) is 10.4 Å². The van der Waals surface area contributed by atoms with Gasteiger partial charge in [-0.3, -0.25) is 14.3 Å². The fourth-order valence-electron chi connectivity index (χ4n) is 5.30. The number of nitrogens with zero attached hydrogens (tertiary/aromatic N) is 6. The molecule has 1 aromatic heterocycles. The van der Waals surface area contributed by atoms with Gasteiger partial charge in [-0.15, -0.1) is 0 Å². The number of fused-ring (bicyclic) bond motifs is 5. The van der Waals surface area contributed by atoms with E-state index in [4.69, 9.17) is 11.6 Å². The molecule has 0 saturated carbocycles. The van der Waals surface area contributed by atoms with E-state index in [1.165, 1.54) is 6.07 Å². The number of urea groups is 1. The monoisotopic (exact) mass is 480 g/mol. The number of carbonyl (C=O) groups excluding carboxylic acids is 3. The molecule has 9 nitrogen and oxygen atoms in total. The Morgan fingerprint density at radius 2 is 1.97 bits per heavy atom. The minimum atomic E-state index is -0.737. The number of nitriles is 1. The second-order valence-corrected chi connectivity index (χ2v) is 10.6. The molecule has 3 aliphatic heterocycles. The topological polar surface area (TPSA) is 103 Å². The quantitative estimate of drug-likeness (QED) is 0.615. The molecule has 176 valence electrons. The van der Waals surface area contributed by atoms with Gasteiger partial charge in [0, 0.05) is 19.0 Å². The number of anilines is 1. The Kier molecular flexibility index (Phi) is 4.82. The van der Waals surface area contributed by atoms with Gasteiger partial charge in [0.2, 0.25) is 0 Å². The summed E-state index contributed by atoms with van der Waals surface area (Å²) in [6.45, 7) is 8.16. The average Bonchev–Trinajstić information content (AvgIpc) is 3.52. The number of piperazine rings is 1. The molecule has 3 aliphatic rings. The molecule has 1 aromatic carbocycles. The molecule has 0 spiro atoms. The minimum absolute atomic E-state index is 0.186. The van der Waals surface area contributed by atoms with Crippen LogP contribution in [0, 0.1) is 18.3 Å². The summed E-state index contributed by atoms with van der Waals surface area (Å²) in [7, 11) is 1.74. The standard InChI is InChI=1S/C24H25ClN6O3/c1-12-15(7-6-13(10-26)19(12)25)31-22(33)20-16-8-14(30(20)23(31)34)11-29(16)21(32)17-9-18(24(2,3)4)27-28(17)5/h6-7,9,14,16,20H,8,11H2,1-5H3/t14?,16?,20-/m1/s1. The third-order valence-corrected chi connectivity index (χ3v) is 7.60. The Bertz CT molecular complexity index is 1300. The van der Waals surface area contributed by atoms with Gasteiger partial charge in [0.15, 0.2) is 0 Å². The Morgan fingerprint density at radius 1 is 1.26 bits per heavy atom. The molecule has 2 aromatic rings. The normalized spacial score (nSPS) is 23.7. The highest BCUT2D eigenvalue weighted by Gasteiger charge is 2.63. The van der Waals surface area contributed by atoms with Crippen molar-refractivity contribution < 1.29 is 14.4 Å². The third-order valence-electron chi connectivity index (χ3n) is 7.11. The van der Waals surface area contributed by atoms with Crippen molar-refractivity contribution in [1.29, 1.82) is 5.26 Å². The summed E-state index contributed by atoms with van der Waals surface area (Å²) in [6, 6.07) is 5.12. The number of aromatic nitrogens is 2. The van der Waals surface area contributed by atoms with Crippen molar-refractivity contribution in [2.75, 3.05) is 11.4 Å². The van der Waals surface area contributed by atoms with Crippen LogP contribution in [-0.2, 0) is 17.3 Å². The third kappa shape index (κ3) is 2.98. The first kappa shape index (κ1) is 22.4. The Hall–Kier alpha value is -3.38. The van der Waals surface area contributed by atoms with Crippen molar-refractivity contribution in [3.05, 3.63) is 45.7 Å². The van der Waals surface area contributed by atoms with E-state index in [1.54, 1.807) is 34.5 Å². The fraction of sp³-hybridized carbons (Fsp3) is 0.458. The van der Waals surface area contributed by atoms with E-state index >= 15 is 0 Å². The zero-order valence-corrected chi connectivity index (χ0v) is 20.4.